The van der Waals surface area contributed by atoms with E-state index in [4.69, 9.17) is 4.74 Å². The predicted molar refractivity (Wildman–Crippen MR) is 82.4 cm³/mol. The van der Waals surface area contributed by atoms with Crippen molar-refractivity contribution in [2.45, 2.75) is 19.9 Å². The van der Waals surface area contributed by atoms with E-state index in [1.54, 1.807) is 11.3 Å². The van der Waals surface area contributed by atoms with Crippen LogP contribution in [-0.4, -0.2) is 12.6 Å². The summed E-state index contributed by atoms with van der Waals surface area (Å²) in [5.74, 6) is 0.695. The molecule has 2 amide bonds. The molecule has 20 heavy (non-hydrogen) atoms. The van der Waals surface area contributed by atoms with Gasteiger partial charge in [-0.15, -0.1) is 11.3 Å². The zero-order valence-corrected chi connectivity index (χ0v) is 12.2. The highest BCUT2D eigenvalue weighted by Crippen LogP contribution is 2.23. The van der Waals surface area contributed by atoms with Crippen molar-refractivity contribution in [1.82, 2.24) is 5.32 Å². The second-order valence-electron chi connectivity index (χ2n) is 4.23. The third kappa shape index (κ3) is 4.28. The quantitative estimate of drug-likeness (QED) is 0.848. The van der Waals surface area contributed by atoms with Crippen molar-refractivity contribution >= 4 is 23.1 Å². The number of hydrogen-bond acceptors (Lipinski definition) is 3. The van der Waals surface area contributed by atoms with Gasteiger partial charge in [-0.05, 0) is 30.0 Å². The summed E-state index contributed by atoms with van der Waals surface area (Å²) in [4.78, 5) is 13.0. The van der Waals surface area contributed by atoms with Gasteiger partial charge in [0.2, 0.25) is 0 Å². The Balaban J connectivity index is 1.90. The van der Waals surface area contributed by atoms with Gasteiger partial charge in [-0.25, -0.2) is 4.79 Å². The monoisotopic (exact) mass is 290 g/mol. The number of anilines is 1. The van der Waals surface area contributed by atoms with Gasteiger partial charge >= 0.3 is 6.03 Å². The summed E-state index contributed by atoms with van der Waals surface area (Å²) < 4.78 is 5.60. The topological polar surface area (TPSA) is 50.4 Å². The Kier molecular flexibility index (Phi) is 5.43. The van der Waals surface area contributed by atoms with Crippen LogP contribution in [0.25, 0.3) is 0 Å². The highest BCUT2D eigenvalue weighted by Gasteiger charge is 2.07. The van der Waals surface area contributed by atoms with E-state index in [2.05, 4.69) is 10.6 Å². The number of benzene rings is 1. The fourth-order valence-electron chi connectivity index (χ4n) is 1.65. The average molecular weight is 290 g/mol. The summed E-state index contributed by atoms with van der Waals surface area (Å²) in [5, 5.41) is 7.62. The van der Waals surface area contributed by atoms with Gasteiger partial charge in [0.25, 0.3) is 0 Å². The lowest BCUT2D eigenvalue weighted by Gasteiger charge is -2.12. The van der Waals surface area contributed by atoms with Crippen LogP contribution in [0.15, 0.2) is 41.8 Å². The van der Waals surface area contributed by atoms with Crippen molar-refractivity contribution in [2.75, 3.05) is 11.9 Å². The number of para-hydroxylation sites is 2. The molecule has 0 saturated heterocycles. The maximum absolute atomic E-state index is 11.9. The van der Waals surface area contributed by atoms with Gasteiger partial charge in [0.15, 0.2) is 0 Å². The van der Waals surface area contributed by atoms with Crippen molar-refractivity contribution < 1.29 is 9.53 Å². The van der Waals surface area contributed by atoms with E-state index >= 15 is 0 Å². The van der Waals surface area contributed by atoms with Crippen molar-refractivity contribution in [3.8, 4) is 5.75 Å². The number of thiophene rings is 1. The molecule has 0 spiro atoms. The lowest BCUT2D eigenvalue weighted by atomic mass is 10.3. The third-order valence-electron chi connectivity index (χ3n) is 2.60. The molecule has 2 N–H and O–H groups in total. The Bertz CT molecular complexity index is 541. The summed E-state index contributed by atoms with van der Waals surface area (Å²) in [6.45, 7) is 3.21. The van der Waals surface area contributed by atoms with Crippen LogP contribution >= 0.6 is 11.3 Å². The molecule has 0 radical (unpaired) electrons. The standard InChI is InChI=1S/C15H18N2O2S/c1-2-9-19-14-8-4-3-7-13(14)17-15(18)16-11-12-6-5-10-20-12/h3-8,10H,2,9,11H2,1H3,(H2,16,17,18). The number of rotatable bonds is 6. The molecule has 0 aliphatic carbocycles. The average Bonchev–Trinajstić information content (AvgIpc) is 2.97. The number of hydrogen-bond donors (Lipinski definition) is 2. The zero-order chi connectivity index (χ0) is 14.2. The first-order chi connectivity index (χ1) is 9.79. The summed E-state index contributed by atoms with van der Waals surface area (Å²) in [6.07, 6.45) is 0.929. The fraction of sp³-hybridized carbons (Fsp3) is 0.267. The van der Waals surface area contributed by atoms with Crippen molar-refractivity contribution in [2.24, 2.45) is 0 Å². The first kappa shape index (κ1) is 14.4. The van der Waals surface area contributed by atoms with E-state index in [0.29, 0.717) is 24.6 Å². The Labute approximate surface area is 122 Å². The Morgan fingerprint density at radius 3 is 2.85 bits per heavy atom. The van der Waals surface area contributed by atoms with Gasteiger partial charge in [-0.3, -0.25) is 0 Å². The highest BCUT2D eigenvalue weighted by molar-refractivity contribution is 7.09. The molecule has 0 bridgehead atoms. The smallest absolute Gasteiger partial charge is 0.319 e. The van der Waals surface area contributed by atoms with Crippen LogP contribution in [-0.2, 0) is 6.54 Å². The largest absolute Gasteiger partial charge is 0.491 e. The van der Waals surface area contributed by atoms with Crippen LogP contribution < -0.4 is 15.4 Å². The van der Waals surface area contributed by atoms with Gasteiger partial charge in [0.1, 0.15) is 5.75 Å². The number of nitrogens with one attached hydrogen (secondary N) is 2. The van der Waals surface area contributed by atoms with Crippen molar-refractivity contribution in [1.29, 1.82) is 0 Å². The van der Waals surface area contributed by atoms with E-state index in [9.17, 15) is 4.79 Å². The van der Waals surface area contributed by atoms with Gasteiger partial charge in [-0.2, -0.15) is 0 Å². The van der Waals surface area contributed by atoms with Gasteiger partial charge < -0.3 is 15.4 Å². The molecule has 1 heterocycles. The zero-order valence-electron chi connectivity index (χ0n) is 11.4. The first-order valence-electron chi connectivity index (χ1n) is 6.58. The molecule has 1 aromatic carbocycles. The molecule has 0 unspecified atom stereocenters. The molecule has 0 aliphatic heterocycles. The van der Waals surface area contributed by atoms with Crippen LogP contribution in [0.2, 0.25) is 0 Å². The molecule has 0 aliphatic rings. The molecule has 2 aromatic rings. The van der Waals surface area contributed by atoms with E-state index in [-0.39, 0.29) is 6.03 Å². The molecular weight excluding hydrogens is 272 g/mol. The summed E-state index contributed by atoms with van der Waals surface area (Å²) >= 11 is 1.62. The van der Waals surface area contributed by atoms with Crippen LogP contribution in [0.4, 0.5) is 10.5 Å². The van der Waals surface area contributed by atoms with Crippen LogP contribution in [0.5, 0.6) is 5.75 Å². The third-order valence-corrected chi connectivity index (χ3v) is 3.48. The number of amides is 2. The van der Waals surface area contributed by atoms with Gasteiger partial charge in [0, 0.05) is 4.88 Å². The van der Waals surface area contributed by atoms with Gasteiger partial charge in [-0.1, -0.05) is 25.1 Å². The summed E-state index contributed by atoms with van der Waals surface area (Å²) in [5.41, 5.74) is 0.685. The Morgan fingerprint density at radius 1 is 1.25 bits per heavy atom. The van der Waals surface area contributed by atoms with Gasteiger partial charge in [0.05, 0.1) is 18.8 Å². The van der Waals surface area contributed by atoms with Crippen molar-refractivity contribution in [3.63, 3.8) is 0 Å². The van der Waals surface area contributed by atoms with E-state index in [1.165, 1.54) is 0 Å². The molecular formula is C15H18N2O2S. The first-order valence-corrected chi connectivity index (χ1v) is 7.46. The number of ether oxygens (including phenoxy) is 1. The minimum absolute atomic E-state index is 0.231. The Morgan fingerprint density at radius 2 is 2.10 bits per heavy atom. The number of carbonyl (C=O) groups is 1. The molecule has 4 nitrogen and oxygen atoms in total. The molecule has 1 aromatic heterocycles. The maximum Gasteiger partial charge on any atom is 0.319 e. The van der Waals surface area contributed by atoms with Crippen molar-refractivity contribution in [3.05, 3.63) is 46.7 Å². The minimum atomic E-state index is -0.231. The SMILES string of the molecule is CCCOc1ccccc1NC(=O)NCc1cccs1. The van der Waals surface area contributed by atoms with Crippen LogP contribution in [0.3, 0.4) is 0 Å². The fourth-order valence-corrected chi connectivity index (χ4v) is 2.30. The highest BCUT2D eigenvalue weighted by atomic mass is 32.1. The predicted octanol–water partition coefficient (Wildman–Crippen LogP) is 3.86. The molecule has 0 saturated carbocycles. The molecule has 2 rings (SSSR count). The normalized spacial score (nSPS) is 10.1. The summed E-state index contributed by atoms with van der Waals surface area (Å²) in [6, 6.07) is 11.2. The van der Waals surface area contributed by atoms with E-state index < -0.39 is 0 Å². The second-order valence-corrected chi connectivity index (χ2v) is 5.26. The molecule has 0 fully saturated rings. The van der Waals surface area contributed by atoms with E-state index in [1.807, 2.05) is 48.7 Å². The lowest BCUT2D eigenvalue weighted by molar-refractivity contribution is 0.251. The van der Waals surface area contributed by atoms with Crippen LogP contribution in [0.1, 0.15) is 18.2 Å². The minimum Gasteiger partial charge on any atom is -0.491 e. The number of urea groups is 1. The Hall–Kier alpha value is -2.01. The summed E-state index contributed by atoms with van der Waals surface area (Å²) in [7, 11) is 0. The maximum atomic E-state index is 11.9. The van der Waals surface area contributed by atoms with Crippen LogP contribution in [0, 0.1) is 0 Å². The lowest BCUT2D eigenvalue weighted by Crippen LogP contribution is -2.28. The molecule has 5 heteroatoms. The molecule has 0 atom stereocenters. The van der Waals surface area contributed by atoms with E-state index in [0.717, 1.165) is 11.3 Å². The second kappa shape index (κ2) is 7.55. The number of carbonyl (C=O) groups excluding carboxylic acids is 1. The molecule has 106 valence electrons.